The van der Waals surface area contributed by atoms with Crippen molar-refractivity contribution in [3.05, 3.63) is 60.4 Å². The van der Waals surface area contributed by atoms with Gasteiger partial charge in [0, 0.05) is 29.7 Å². The predicted octanol–water partition coefficient (Wildman–Crippen LogP) is 4.18. The molecule has 0 saturated heterocycles. The van der Waals surface area contributed by atoms with Crippen LogP contribution < -0.4 is 9.47 Å². The van der Waals surface area contributed by atoms with Gasteiger partial charge in [0.1, 0.15) is 11.6 Å². The number of hydrogen-bond acceptors (Lipinski definition) is 4. The molecule has 0 aliphatic heterocycles. The zero-order valence-electron chi connectivity index (χ0n) is 13.1. The van der Waals surface area contributed by atoms with E-state index in [1.54, 1.807) is 6.92 Å². The average molecular weight is 350 g/mol. The van der Waals surface area contributed by atoms with Gasteiger partial charge in [0.25, 0.3) is 0 Å². The second-order valence-electron chi connectivity index (χ2n) is 4.83. The third-order valence-electron chi connectivity index (χ3n) is 3.18. The van der Waals surface area contributed by atoms with Gasteiger partial charge in [-0.1, -0.05) is 13.5 Å². The molecule has 0 aliphatic carbocycles. The summed E-state index contributed by atoms with van der Waals surface area (Å²) in [5.74, 6) is -5.93. The summed E-state index contributed by atoms with van der Waals surface area (Å²) in [6.07, 6.45) is 0.898. The number of carbonyl (C=O) groups excluding carboxylic acids is 2. The van der Waals surface area contributed by atoms with Gasteiger partial charge in [-0.2, -0.15) is 4.39 Å². The Bertz CT molecular complexity index is 846. The van der Waals surface area contributed by atoms with Crippen molar-refractivity contribution in [3.8, 4) is 22.6 Å². The fourth-order valence-electron chi connectivity index (χ4n) is 1.95. The summed E-state index contributed by atoms with van der Waals surface area (Å²) >= 11 is 0. The Balaban J connectivity index is 2.38. The zero-order chi connectivity index (χ0) is 18.6. The van der Waals surface area contributed by atoms with Gasteiger partial charge in [0.15, 0.2) is 11.6 Å². The van der Waals surface area contributed by atoms with E-state index in [0.717, 1.165) is 30.3 Å². The van der Waals surface area contributed by atoms with Crippen LogP contribution >= 0.6 is 0 Å². The van der Waals surface area contributed by atoms with Crippen molar-refractivity contribution < 1.29 is 32.2 Å². The molecule has 4 nitrogen and oxygen atoms in total. The molecule has 25 heavy (non-hydrogen) atoms. The number of rotatable bonds is 5. The summed E-state index contributed by atoms with van der Waals surface area (Å²) < 4.78 is 51.8. The molecule has 0 radical (unpaired) electrons. The van der Waals surface area contributed by atoms with Gasteiger partial charge >= 0.3 is 11.9 Å². The summed E-state index contributed by atoms with van der Waals surface area (Å²) in [4.78, 5) is 22.3. The number of ether oxygens (including phenoxy) is 2. The van der Waals surface area contributed by atoms with Gasteiger partial charge in [0.05, 0.1) is 0 Å². The molecule has 0 aromatic heterocycles. The Morgan fingerprint density at radius 1 is 1.04 bits per heavy atom. The highest BCUT2D eigenvalue weighted by Gasteiger charge is 2.19. The number of benzene rings is 2. The molecule has 0 atom stereocenters. The number of esters is 2. The highest BCUT2D eigenvalue weighted by atomic mass is 19.2. The van der Waals surface area contributed by atoms with Crippen LogP contribution in [0.3, 0.4) is 0 Å². The second kappa shape index (κ2) is 7.65. The van der Waals surface area contributed by atoms with Crippen LogP contribution in [0.5, 0.6) is 11.5 Å². The van der Waals surface area contributed by atoms with E-state index in [2.05, 4.69) is 11.3 Å². The predicted molar refractivity (Wildman–Crippen MR) is 83.5 cm³/mol. The van der Waals surface area contributed by atoms with E-state index >= 15 is 0 Å². The minimum atomic E-state index is -1.44. The van der Waals surface area contributed by atoms with Crippen LogP contribution in [-0.4, -0.2) is 11.9 Å². The first-order chi connectivity index (χ1) is 11.9. The van der Waals surface area contributed by atoms with Gasteiger partial charge < -0.3 is 9.47 Å². The summed E-state index contributed by atoms with van der Waals surface area (Å²) in [5, 5.41) is 0. The zero-order valence-corrected chi connectivity index (χ0v) is 13.1. The first-order valence-electron chi connectivity index (χ1n) is 7.20. The monoisotopic (exact) mass is 350 g/mol. The maximum atomic E-state index is 14.2. The smallest absolute Gasteiger partial charge is 0.335 e. The van der Waals surface area contributed by atoms with Crippen LogP contribution in [0.2, 0.25) is 0 Å². The van der Waals surface area contributed by atoms with E-state index in [-0.39, 0.29) is 23.3 Å². The molecule has 0 unspecified atom stereocenters. The SMILES string of the molecule is C=CC(=O)Oc1ccc(-c2ccc(OC(=O)CC)cc2F)c(F)c1F. The lowest BCUT2D eigenvalue weighted by Crippen LogP contribution is -2.07. The van der Waals surface area contributed by atoms with Crippen LogP contribution in [0.4, 0.5) is 13.2 Å². The van der Waals surface area contributed by atoms with Crippen molar-refractivity contribution >= 4 is 11.9 Å². The first kappa shape index (κ1) is 18.3. The quantitative estimate of drug-likeness (QED) is 0.461. The summed E-state index contributed by atoms with van der Waals surface area (Å²) in [7, 11) is 0. The van der Waals surface area contributed by atoms with Crippen LogP contribution in [0.1, 0.15) is 13.3 Å². The lowest BCUT2D eigenvalue weighted by atomic mass is 10.0. The van der Waals surface area contributed by atoms with Crippen molar-refractivity contribution in [2.24, 2.45) is 0 Å². The minimum Gasteiger partial charge on any atom is -0.426 e. The fourth-order valence-corrected chi connectivity index (χ4v) is 1.95. The molecular weight excluding hydrogens is 337 g/mol. The second-order valence-corrected chi connectivity index (χ2v) is 4.83. The summed E-state index contributed by atoms with van der Waals surface area (Å²) in [6.45, 7) is 4.72. The third-order valence-corrected chi connectivity index (χ3v) is 3.18. The standard InChI is InChI=1S/C18H13F3O4/c1-3-15(22)24-10-5-6-11(13(19)9-10)12-7-8-14(18(21)17(12)20)25-16(23)4-2/h4-9H,2-3H2,1H3. The molecule has 2 aromatic rings. The lowest BCUT2D eigenvalue weighted by Gasteiger charge is -2.10. The van der Waals surface area contributed by atoms with Crippen molar-refractivity contribution in [3.63, 3.8) is 0 Å². The van der Waals surface area contributed by atoms with Crippen molar-refractivity contribution in [1.29, 1.82) is 0 Å². The molecule has 0 spiro atoms. The van der Waals surface area contributed by atoms with Gasteiger partial charge in [-0.25, -0.2) is 13.6 Å². The van der Waals surface area contributed by atoms with E-state index in [1.807, 2.05) is 0 Å². The highest BCUT2D eigenvalue weighted by molar-refractivity contribution is 5.83. The Labute approximate surface area is 141 Å². The van der Waals surface area contributed by atoms with Gasteiger partial charge in [-0.3, -0.25) is 4.79 Å². The molecule has 0 N–H and O–H groups in total. The molecule has 0 aliphatic rings. The molecular formula is C18H13F3O4. The fraction of sp³-hybridized carbons (Fsp3) is 0.111. The van der Waals surface area contributed by atoms with E-state index in [4.69, 9.17) is 4.74 Å². The van der Waals surface area contributed by atoms with Crippen molar-refractivity contribution in [1.82, 2.24) is 0 Å². The number of halogens is 3. The molecule has 0 saturated carbocycles. The van der Waals surface area contributed by atoms with Crippen molar-refractivity contribution in [2.45, 2.75) is 13.3 Å². The number of carbonyl (C=O) groups is 2. The Morgan fingerprint density at radius 2 is 1.72 bits per heavy atom. The maximum Gasteiger partial charge on any atom is 0.335 e. The van der Waals surface area contributed by atoms with E-state index in [9.17, 15) is 22.8 Å². The van der Waals surface area contributed by atoms with E-state index in [0.29, 0.717) is 0 Å². The van der Waals surface area contributed by atoms with Crippen LogP contribution in [-0.2, 0) is 9.59 Å². The van der Waals surface area contributed by atoms with Gasteiger partial charge in [-0.05, 0) is 24.3 Å². The molecule has 0 bridgehead atoms. The third kappa shape index (κ3) is 4.06. The van der Waals surface area contributed by atoms with Crippen LogP contribution in [0.15, 0.2) is 43.0 Å². The minimum absolute atomic E-state index is 0.0505. The molecule has 0 fully saturated rings. The number of hydrogen-bond donors (Lipinski definition) is 0. The Morgan fingerprint density at radius 3 is 2.32 bits per heavy atom. The normalized spacial score (nSPS) is 10.2. The highest BCUT2D eigenvalue weighted by Crippen LogP contribution is 2.33. The van der Waals surface area contributed by atoms with E-state index in [1.165, 1.54) is 6.07 Å². The van der Waals surface area contributed by atoms with Gasteiger partial charge in [0.2, 0.25) is 5.82 Å². The molecule has 2 aromatic carbocycles. The summed E-state index contributed by atoms with van der Waals surface area (Å²) in [5.41, 5.74) is -0.615. The topological polar surface area (TPSA) is 52.6 Å². The summed E-state index contributed by atoms with van der Waals surface area (Å²) in [6, 6.07) is 5.38. The van der Waals surface area contributed by atoms with Gasteiger partial charge in [-0.15, -0.1) is 0 Å². The Hall–Kier alpha value is -3.09. The molecule has 7 heteroatoms. The first-order valence-corrected chi connectivity index (χ1v) is 7.20. The Kier molecular flexibility index (Phi) is 5.59. The van der Waals surface area contributed by atoms with Crippen LogP contribution in [0.25, 0.3) is 11.1 Å². The average Bonchev–Trinajstić information content (AvgIpc) is 2.59. The maximum absolute atomic E-state index is 14.2. The van der Waals surface area contributed by atoms with E-state index < -0.39 is 35.1 Å². The molecule has 0 amide bonds. The largest absolute Gasteiger partial charge is 0.426 e. The molecule has 0 heterocycles. The molecule has 2 rings (SSSR count). The molecule has 130 valence electrons. The van der Waals surface area contributed by atoms with Crippen LogP contribution in [0, 0.1) is 17.5 Å². The van der Waals surface area contributed by atoms with Crippen molar-refractivity contribution in [2.75, 3.05) is 0 Å². The lowest BCUT2D eigenvalue weighted by molar-refractivity contribution is -0.134.